The van der Waals surface area contributed by atoms with Gasteiger partial charge >= 0.3 is 6.03 Å². The second kappa shape index (κ2) is 9.79. The maximum atomic E-state index is 12.3. The van der Waals surface area contributed by atoms with Crippen molar-refractivity contribution >= 4 is 17.8 Å². The van der Waals surface area contributed by atoms with E-state index in [0.29, 0.717) is 31.7 Å². The molecule has 0 aliphatic carbocycles. The third-order valence-electron chi connectivity index (χ3n) is 4.66. The lowest BCUT2D eigenvalue weighted by molar-refractivity contribution is -0.131. The summed E-state index contributed by atoms with van der Waals surface area (Å²) in [5, 5.41) is 5.69. The fourth-order valence-electron chi connectivity index (χ4n) is 3.01. The average Bonchev–Trinajstić information content (AvgIpc) is 2.68. The van der Waals surface area contributed by atoms with E-state index in [9.17, 15) is 14.4 Å². The zero-order chi connectivity index (χ0) is 18.9. The van der Waals surface area contributed by atoms with Gasteiger partial charge in [0, 0.05) is 37.8 Å². The van der Waals surface area contributed by atoms with E-state index >= 15 is 0 Å². The highest BCUT2D eigenvalue weighted by Gasteiger charge is 2.25. The van der Waals surface area contributed by atoms with Crippen LogP contribution in [0.5, 0.6) is 0 Å². The van der Waals surface area contributed by atoms with Crippen LogP contribution in [-0.4, -0.2) is 66.4 Å². The topological polar surface area (TPSA) is 81.8 Å². The van der Waals surface area contributed by atoms with Gasteiger partial charge in [-0.05, 0) is 38.8 Å². The van der Waals surface area contributed by atoms with Crippen molar-refractivity contribution in [3.05, 3.63) is 35.9 Å². The van der Waals surface area contributed by atoms with Gasteiger partial charge in [-0.15, -0.1) is 0 Å². The van der Waals surface area contributed by atoms with E-state index in [0.717, 1.165) is 12.8 Å². The van der Waals surface area contributed by atoms with E-state index in [1.54, 1.807) is 34.1 Å². The summed E-state index contributed by atoms with van der Waals surface area (Å²) in [4.78, 5) is 39.8. The first kappa shape index (κ1) is 19.8. The Morgan fingerprint density at radius 3 is 2.27 bits per heavy atom. The first-order chi connectivity index (χ1) is 12.5. The van der Waals surface area contributed by atoms with Crippen molar-refractivity contribution in [2.45, 2.75) is 32.7 Å². The monoisotopic (exact) mass is 360 g/mol. The summed E-state index contributed by atoms with van der Waals surface area (Å²) in [6.07, 6.45) is 1.46. The van der Waals surface area contributed by atoms with Crippen molar-refractivity contribution in [2.24, 2.45) is 0 Å². The fraction of sp³-hybridized carbons (Fsp3) is 0.526. The van der Waals surface area contributed by atoms with Gasteiger partial charge in [0.2, 0.25) is 5.91 Å². The SMILES string of the molecule is CCN(CC)C(=O)NC1CCN(C(=O)CNC(=O)c2ccccc2)CC1. The summed E-state index contributed by atoms with van der Waals surface area (Å²) < 4.78 is 0. The molecule has 7 nitrogen and oxygen atoms in total. The second-order valence-electron chi connectivity index (χ2n) is 6.33. The summed E-state index contributed by atoms with van der Waals surface area (Å²) >= 11 is 0. The van der Waals surface area contributed by atoms with Crippen LogP contribution in [-0.2, 0) is 4.79 Å². The first-order valence-corrected chi connectivity index (χ1v) is 9.21. The molecule has 142 valence electrons. The van der Waals surface area contributed by atoms with Crippen LogP contribution in [0.25, 0.3) is 0 Å². The molecule has 7 heteroatoms. The molecule has 4 amide bonds. The Morgan fingerprint density at radius 1 is 1.08 bits per heavy atom. The highest BCUT2D eigenvalue weighted by molar-refractivity contribution is 5.96. The molecule has 0 unspecified atom stereocenters. The van der Waals surface area contributed by atoms with Gasteiger partial charge in [-0.1, -0.05) is 18.2 Å². The number of likely N-dealkylation sites (tertiary alicyclic amines) is 1. The average molecular weight is 360 g/mol. The molecule has 1 saturated heterocycles. The van der Waals surface area contributed by atoms with Gasteiger partial charge in [-0.3, -0.25) is 9.59 Å². The molecule has 1 fully saturated rings. The van der Waals surface area contributed by atoms with E-state index in [1.165, 1.54) is 0 Å². The van der Waals surface area contributed by atoms with Crippen LogP contribution in [0.2, 0.25) is 0 Å². The van der Waals surface area contributed by atoms with Crippen LogP contribution in [0.3, 0.4) is 0 Å². The van der Waals surface area contributed by atoms with Gasteiger partial charge in [0.05, 0.1) is 6.54 Å². The number of piperidine rings is 1. The maximum Gasteiger partial charge on any atom is 0.317 e. The molecule has 0 saturated carbocycles. The lowest BCUT2D eigenvalue weighted by Gasteiger charge is -2.33. The molecule has 0 aromatic heterocycles. The van der Waals surface area contributed by atoms with Crippen molar-refractivity contribution in [2.75, 3.05) is 32.7 Å². The zero-order valence-corrected chi connectivity index (χ0v) is 15.5. The summed E-state index contributed by atoms with van der Waals surface area (Å²) in [7, 11) is 0. The minimum atomic E-state index is -0.250. The number of benzene rings is 1. The van der Waals surface area contributed by atoms with Crippen molar-refractivity contribution in [3.63, 3.8) is 0 Å². The molecule has 2 rings (SSSR count). The molecule has 26 heavy (non-hydrogen) atoms. The van der Waals surface area contributed by atoms with Gasteiger partial charge in [0.25, 0.3) is 5.91 Å². The largest absolute Gasteiger partial charge is 0.343 e. The molecule has 1 aromatic carbocycles. The minimum Gasteiger partial charge on any atom is -0.343 e. The van der Waals surface area contributed by atoms with Gasteiger partial charge < -0.3 is 20.4 Å². The highest BCUT2D eigenvalue weighted by Crippen LogP contribution is 2.11. The number of urea groups is 1. The summed E-state index contributed by atoms with van der Waals surface area (Å²) in [5.74, 6) is -0.344. The van der Waals surface area contributed by atoms with Crippen LogP contribution < -0.4 is 10.6 Å². The Labute approximate surface area is 154 Å². The predicted octanol–water partition coefficient (Wildman–Crippen LogP) is 1.46. The van der Waals surface area contributed by atoms with E-state index < -0.39 is 0 Å². The molecular formula is C19H28N4O3. The summed E-state index contributed by atoms with van der Waals surface area (Å²) in [5.41, 5.74) is 0.540. The number of hydrogen-bond acceptors (Lipinski definition) is 3. The predicted molar refractivity (Wildman–Crippen MR) is 99.8 cm³/mol. The minimum absolute atomic E-state index is 0.00972. The first-order valence-electron chi connectivity index (χ1n) is 9.21. The number of rotatable bonds is 6. The Morgan fingerprint density at radius 2 is 1.69 bits per heavy atom. The quantitative estimate of drug-likeness (QED) is 0.806. The molecule has 1 aromatic rings. The van der Waals surface area contributed by atoms with Crippen molar-refractivity contribution in [3.8, 4) is 0 Å². The van der Waals surface area contributed by atoms with Crippen molar-refractivity contribution in [1.82, 2.24) is 20.4 Å². The molecule has 0 radical (unpaired) electrons. The number of nitrogens with one attached hydrogen (secondary N) is 2. The number of amides is 4. The van der Waals surface area contributed by atoms with Crippen LogP contribution in [0.1, 0.15) is 37.0 Å². The molecule has 1 aliphatic rings. The van der Waals surface area contributed by atoms with Crippen molar-refractivity contribution in [1.29, 1.82) is 0 Å². The second-order valence-corrected chi connectivity index (χ2v) is 6.33. The Bertz CT molecular complexity index is 608. The Kier molecular flexibility index (Phi) is 7.44. The molecule has 0 bridgehead atoms. The Hall–Kier alpha value is -2.57. The van der Waals surface area contributed by atoms with Gasteiger partial charge in [0.15, 0.2) is 0 Å². The van der Waals surface area contributed by atoms with Gasteiger partial charge in [-0.25, -0.2) is 4.79 Å². The molecule has 1 heterocycles. The number of hydrogen-bond donors (Lipinski definition) is 2. The normalized spacial score (nSPS) is 14.6. The maximum absolute atomic E-state index is 12.3. The standard InChI is InChI=1S/C19H28N4O3/c1-3-22(4-2)19(26)21-16-10-12-23(13-11-16)17(24)14-20-18(25)15-8-6-5-7-9-15/h5-9,16H,3-4,10-14H2,1-2H3,(H,20,25)(H,21,26). The highest BCUT2D eigenvalue weighted by atomic mass is 16.2. The third kappa shape index (κ3) is 5.47. The van der Waals surface area contributed by atoms with E-state index in [1.807, 2.05) is 19.9 Å². The fourth-order valence-corrected chi connectivity index (χ4v) is 3.01. The van der Waals surface area contributed by atoms with E-state index in [-0.39, 0.29) is 30.4 Å². The smallest absolute Gasteiger partial charge is 0.317 e. The number of carbonyl (C=O) groups is 3. The molecule has 0 spiro atoms. The number of carbonyl (C=O) groups excluding carboxylic acids is 3. The number of nitrogens with zero attached hydrogens (tertiary/aromatic N) is 2. The summed E-state index contributed by atoms with van der Waals surface area (Å²) in [6.45, 7) is 6.43. The van der Waals surface area contributed by atoms with Gasteiger partial charge in [0.1, 0.15) is 0 Å². The summed E-state index contributed by atoms with van der Waals surface area (Å²) in [6, 6.07) is 8.88. The molecule has 1 aliphatic heterocycles. The van der Waals surface area contributed by atoms with Crippen LogP contribution in [0, 0.1) is 0 Å². The van der Waals surface area contributed by atoms with Gasteiger partial charge in [-0.2, -0.15) is 0 Å². The van der Waals surface area contributed by atoms with Crippen LogP contribution >= 0.6 is 0 Å². The third-order valence-corrected chi connectivity index (χ3v) is 4.66. The molecule has 2 N–H and O–H groups in total. The lowest BCUT2D eigenvalue weighted by Crippen LogP contribution is -2.51. The zero-order valence-electron chi connectivity index (χ0n) is 15.5. The van der Waals surface area contributed by atoms with E-state index in [2.05, 4.69) is 10.6 Å². The Balaban J connectivity index is 1.72. The molecule has 0 atom stereocenters. The van der Waals surface area contributed by atoms with Crippen LogP contribution in [0.4, 0.5) is 4.79 Å². The van der Waals surface area contributed by atoms with E-state index in [4.69, 9.17) is 0 Å². The van der Waals surface area contributed by atoms with Crippen molar-refractivity contribution < 1.29 is 14.4 Å². The molecular weight excluding hydrogens is 332 g/mol. The lowest BCUT2D eigenvalue weighted by atomic mass is 10.1. The van der Waals surface area contributed by atoms with Crippen LogP contribution in [0.15, 0.2) is 30.3 Å².